The van der Waals surface area contributed by atoms with Crippen LogP contribution in [0.2, 0.25) is 0 Å². The maximum Gasteiger partial charge on any atom is 0.242 e. The first kappa shape index (κ1) is 21.2. The van der Waals surface area contributed by atoms with Gasteiger partial charge in [-0.3, -0.25) is 9.59 Å². The summed E-state index contributed by atoms with van der Waals surface area (Å²) in [6, 6.07) is 8.97. The van der Waals surface area contributed by atoms with Gasteiger partial charge in [-0.05, 0) is 24.8 Å². The number of carbonyl (C=O) groups is 2. The molecule has 0 aliphatic heterocycles. The van der Waals surface area contributed by atoms with Gasteiger partial charge < -0.3 is 15.4 Å². The molecule has 0 spiro atoms. The number of nitrogens with one attached hydrogen (secondary N) is 2. The summed E-state index contributed by atoms with van der Waals surface area (Å²) in [5.74, 6) is -0.00910. The molecule has 1 rings (SSSR count). The first-order chi connectivity index (χ1) is 12.0. The fourth-order valence-corrected chi connectivity index (χ4v) is 2.51. The molecule has 0 radical (unpaired) electrons. The molecule has 2 N–H and O–H groups in total. The Balaban J connectivity index is 2.63. The highest BCUT2D eigenvalue weighted by Gasteiger charge is 2.24. The number of carbonyl (C=O) groups excluding carboxylic acids is 2. The van der Waals surface area contributed by atoms with Gasteiger partial charge in [-0.15, -0.1) is 0 Å². The van der Waals surface area contributed by atoms with Crippen LogP contribution in [0.5, 0.6) is 0 Å². The molecular formula is C20H32N2O3. The molecule has 5 nitrogen and oxygen atoms in total. The molecule has 5 heteroatoms. The Morgan fingerprint density at radius 1 is 1.08 bits per heavy atom. The third-order valence-electron chi connectivity index (χ3n) is 4.07. The maximum absolute atomic E-state index is 12.6. The smallest absolute Gasteiger partial charge is 0.242 e. The first-order valence-electron chi connectivity index (χ1n) is 9.19. The molecule has 140 valence electrons. The van der Waals surface area contributed by atoms with Gasteiger partial charge in [0.1, 0.15) is 6.04 Å². The second-order valence-electron chi connectivity index (χ2n) is 6.59. The molecule has 1 aromatic carbocycles. The van der Waals surface area contributed by atoms with E-state index in [1.807, 2.05) is 58.0 Å². The van der Waals surface area contributed by atoms with E-state index in [0.717, 1.165) is 12.0 Å². The molecule has 1 aromatic rings. The quantitative estimate of drug-likeness (QED) is 0.646. The van der Waals surface area contributed by atoms with Crippen LogP contribution in [0.1, 0.15) is 46.1 Å². The third-order valence-corrected chi connectivity index (χ3v) is 4.07. The van der Waals surface area contributed by atoms with E-state index < -0.39 is 6.04 Å². The van der Waals surface area contributed by atoms with Gasteiger partial charge in [0.2, 0.25) is 11.8 Å². The minimum absolute atomic E-state index is 0.0576. The predicted molar refractivity (Wildman–Crippen MR) is 100 cm³/mol. The monoisotopic (exact) mass is 348 g/mol. The minimum Gasteiger partial charge on any atom is -0.380 e. The van der Waals surface area contributed by atoms with Crippen molar-refractivity contribution in [3.8, 4) is 0 Å². The van der Waals surface area contributed by atoms with Crippen LogP contribution in [0.15, 0.2) is 30.3 Å². The van der Waals surface area contributed by atoms with Gasteiger partial charge >= 0.3 is 0 Å². The molecule has 0 aliphatic rings. The van der Waals surface area contributed by atoms with Crippen LogP contribution in [0.25, 0.3) is 0 Å². The zero-order valence-electron chi connectivity index (χ0n) is 15.9. The normalized spacial score (nSPS) is 13.3. The lowest BCUT2D eigenvalue weighted by molar-refractivity contribution is -0.129. The molecule has 0 saturated carbocycles. The standard InChI is InChI=1S/C20H32N2O3/c1-5-10-17(20(24)22-18(15(3)4)14-25-6-2)21-19(23)13-16-11-8-7-9-12-16/h7-9,11-12,15,17-18H,5-6,10,13-14H2,1-4H3,(H,21,23)(H,22,24)/t17-,18-/m1/s1. The first-order valence-corrected chi connectivity index (χ1v) is 9.19. The Hall–Kier alpha value is -1.88. The Morgan fingerprint density at radius 2 is 1.76 bits per heavy atom. The number of amides is 2. The Bertz CT molecular complexity index is 517. The van der Waals surface area contributed by atoms with Crippen molar-refractivity contribution in [2.45, 2.75) is 59.0 Å². The van der Waals surface area contributed by atoms with Crippen molar-refractivity contribution >= 4 is 11.8 Å². The summed E-state index contributed by atoms with van der Waals surface area (Å²) in [5.41, 5.74) is 0.937. The molecule has 0 unspecified atom stereocenters. The van der Waals surface area contributed by atoms with Gasteiger partial charge in [-0.1, -0.05) is 57.5 Å². The topological polar surface area (TPSA) is 67.4 Å². The molecule has 2 atom stereocenters. The average molecular weight is 348 g/mol. The molecule has 0 bridgehead atoms. The van der Waals surface area contributed by atoms with E-state index in [4.69, 9.17) is 4.74 Å². The molecule has 0 saturated heterocycles. The predicted octanol–water partition coefficient (Wildman–Crippen LogP) is 2.69. The van der Waals surface area contributed by atoms with Gasteiger partial charge in [0.15, 0.2) is 0 Å². The van der Waals surface area contributed by atoms with Crippen molar-refractivity contribution in [2.75, 3.05) is 13.2 Å². The zero-order valence-corrected chi connectivity index (χ0v) is 15.9. The van der Waals surface area contributed by atoms with Crippen molar-refractivity contribution in [1.82, 2.24) is 10.6 Å². The van der Waals surface area contributed by atoms with E-state index in [0.29, 0.717) is 19.6 Å². The maximum atomic E-state index is 12.6. The highest BCUT2D eigenvalue weighted by Crippen LogP contribution is 2.06. The summed E-state index contributed by atoms with van der Waals surface area (Å²) in [6.07, 6.45) is 1.72. The van der Waals surface area contributed by atoms with Crippen LogP contribution in [0.4, 0.5) is 0 Å². The summed E-state index contributed by atoms with van der Waals surface area (Å²) in [6.45, 7) is 9.13. The van der Waals surface area contributed by atoms with Crippen LogP contribution >= 0.6 is 0 Å². The lowest BCUT2D eigenvalue weighted by Crippen LogP contribution is -2.52. The van der Waals surface area contributed by atoms with Crippen LogP contribution < -0.4 is 10.6 Å². The number of rotatable bonds is 11. The van der Waals surface area contributed by atoms with Gasteiger partial charge in [0.25, 0.3) is 0 Å². The summed E-state index contributed by atoms with van der Waals surface area (Å²) in [4.78, 5) is 24.9. The molecule has 0 aliphatic carbocycles. The largest absolute Gasteiger partial charge is 0.380 e. The molecule has 0 fully saturated rings. The molecule has 0 aromatic heterocycles. The van der Waals surface area contributed by atoms with E-state index in [1.54, 1.807) is 0 Å². The number of hydrogen-bond donors (Lipinski definition) is 2. The highest BCUT2D eigenvalue weighted by molar-refractivity contribution is 5.88. The van der Waals surface area contributed by atoms with E-state index in [-0.39, 0.29) is 30.2 Å². The van der Waals surface area contributed by atoms with Crippen LogP contribution in [0, 0.1) is 5.92 Å². The van der Waals surface area contributed by atoms with Gasteiger partial charge in [0.05, 0.1) is 19.1 Å². The van der Waals surface area contributed by atoms with Gasteiger partial charge in [-0.25, -0.2) is 0 Å². The van der Waals surface area contributed by atoms with E-state index in [2.05, 4.69) is 10.6 Å². The summed E-state index contributed by atoms with van der Waals surface area (Å²) < 4.78 is 5.46. The van der Waals surface area contributed by atoms with Gasteiger partial charge in [0, 0.05) is 6.61 Å². The summed E-state index contributed by atoms with van der Waals surface area (Å²) in [5, 5.41) is 5.90. The lowest BCUT2D eigenvalue weighted by atomic mass is 10.0. The number of hydrogen-bond acceptors (Lipinski definition) is 3. The fraction of sp³-hybridized carbons (Fsp3) is 0.600. The van der Waals surface area contributed by atoms with Crippen molar-refractivity contribution in [3.05, 3.63) is 35.9 Å². The SMILES string of the molecule is CCC[C@@H](NC(=O)Cc1ccccc1)C(=O)N[C@H](COCC)C(C)C. The number of benzene rings is 1. The van der Waals surface area contributed by atoms with Crippen molar-refractivity contribution in [3.63, 3.8) is 0 Å². The highest BCUT2D eigenvalue weighted by atomic mass is 16.5. The van der Waals surface area contributed by atoms with E-state index in [1.165, 1.54) is 0 Å². The summed E-state index contributed by atoms with van der Waals surface area (Å²) in [7, 11) is 0. The fourth-order valence-electron chi connectivity index (χ4n) is 2.51. The second-order valence-corrected chi connectivity index (χ2v) is 6.59. The summed E-state index contributed by atoms with van der Waals surface area (Å²) >= 11 is 0. The van der Waals surface area contributed by atoms with Crippen molar-refractivity contribution in [2.24, 2.45) is 5.92 Å². The molecule has 0 heterocycles. The molecular weight excluding hydrogens is 316 g/mol. The molecule has 25 heavy (non-hydrogen) atoms. The minimum atomic E-state index is -0.510. The van der Waals surface area contributed by atoms with Crippen LogP contribution in [-0.2, 0) is 20.7 Å². The van der Waals surface area contributed by atoms with E-state index in [9.17, 15) is 9.59 Å². The number of ether oxygens (including phenoxy) is 1. The van der Waals surface area contributed by atoms with E-state index >= 15 is 0 Å². The van der Waals surface area contributed by atoms with Crippen molar-refractivity contribution in [1.29, 1.82) is 0 Å². The Morgan fingerprint density at radius 3 is 2.32 bits per heavy atom. The Kier molecular flexibility index (Phi) is 9.85. The van der Waals surface area contributed by atoms with Crippen LogP contribution in [-0.4, -0.2) is 37.1 Å². The Labute approximate surface area is 151 Å². The van der Waals surface area contributed by atoms with Gasteiger partial charge in [-0.2, -0.15) is 0 Å². The van der Waals surface area contributed by atoms with Crippen molar-refractivity contribution < 1.29 is 14.3 Å². The molecule has 2 amide bonds. The third kappa shape index (κ3) is 8.16. The van der Waals surface area contributed by atoms with Crippen LogP contribution in [0.3, 0.4) is 0 Å². The second kappa shape index (κ2) is 11.6. The zero-order chi connectivity index (χ0) is 18.7. The lowest BCUT2D eigenvalue weighted by Gasteiger charge is -2.25. The average Bonchev–Trinajstić information content (AvgIpc) is 2.58.